The van der Waals surface area contributed by atoms with Crippen molar-refractivity contribution in [2.75, 3.05) is 0 Å². The maximum Gasteiger partial charge on any atom is 0.380 e. The van der Waals surface area contributed by atoms with Crippen LogP contribution in [0, 0.1) is 0 Å². The van der Waals surface area contributed by atoms with E-state index in [-0.39, 0.29) is 17.9 Å². The number of nitrogens with zero attached hydrogens (tertiary/aromatic N) is 1. The number of Topliss-reactive ketones (excluding diaryl/α,β-unsaturated/α-hetero) is 1. The monoisotopic (exact) mass is 246 g/mol. The second-order valence-electron chi connectivity index (χ2n) is 3.57. The van der Waals surface area contributed by atoms with Crippen molar-refractivity contribution in [3.8, 4) is 11.5 Å². The number of aromatic hydroxyl groups is 1. The number of aromatic amines is 1. The number of H-pyrrole nitrogens is 1. The summed E-state index contributed by atoms with van der Waals surface area (Å²) in [7, 11) is 0. The van der Waals surface area contributed by atoms with E-state index in [4.69, 9.17) is 9.84 Å². The highest BCUT2D eigenvalue weighted by atomic mass is 16.5. The number of rotatable bonds is 4. The van der Waals surface area contributed by atoms with E-state index in [9.17, 15) is 9.59 Å². The minimum Gasteiger partial charge on any atom is -0.508 e. The van der Waals surface area contributed by atoms with Gasteiger partial charge in [-0.3, -0.25) is 9.89 Å². The molecule has 1 aromatic heterocycles. The van der Waals surface area contributed by atoms with Crippen LogP contribution in [0.5, 0.6) is 11.5 Å². The van der Waals surface area contributed by atoms with Crippen LogP contribution < -0.4 is 4.74 Å². The van der Waals surface area contributed by atoms with Crippen molar-refractivity contribution in [1.82, 2.24) is 10.2 Å². The van der Waals surface area contributed by atoms with Gasteiger partial charge >= 0.3 is 5.97 Å². The first kappa shape index (κ1) is 11.8. The Labute approximate surface area is 102 Å². The molecule has 18 heavy (non-hydrogen) atoms. The zero-order chi connectivity index (χ0) is 13.0. The second kappa shape index (κ2) is 5.13. The number of hydrogen-bond acceptors (Lipinski definition) is 5. The average Bonchev–Trinajstić information content (AvgIpc) is 2.85. The smallest absolute Gasteiger partial charge is 0.380 e. The molecule has 6 heteroatoms. The molecule has 0 bridgehead atoms. The van der Waals surface area contributed by atoms with Crippen LogP contribution in [0.3, 0.4) is 0 Å². The molecule has 6 nitrogen and oxygen atoms in total. The van der Waals surface area contributed by atoms with Crippen LogP contribution in [0.1, 0.15) is 5.69 Å². The van der Waals surface area contributed by atoms with Gasteiger partial charge in [-0.1, -0.05) is 0 Å². The molecule has 0 saturated heterocycles. The first-order valence-corrected chi connectivity index (χ1v) is 5.17. The summed E-state index contributed by atoms with van der Waals surface area (Å²) in [5.74, 6) is -1.36. The van der Waals surface area contributed by atoms with E-state index < -0.39 is 11.8 Å². The summed E-state index contributed by atoms with van der Waals surface area (Å²) in [5.41, 5.74) is 0.544. The molecule has 0 aliphatic rings. The minimum absolute atomic E-state index is 0.0542. The molecule has 2 N–H and O–H groups in total. The number of aromatic nitrogens is 2. The van der Waals surface area contributed by atoms with Gasteiger partial charge in [0, 0.05) is 11.9 Å². The fourth-order valence-electron chi connectivity index (χ4n) is 1.31. The summed E-state index contributed by atoms with van der Waals surface area (Å²) >= 11 is 0. The van der Waals surface area contributed by atoms with Crippen molar-refractivity contribution < 1.29 is 19.4 Å². The molecule has 0 fully saturated rings. The highest BCUT2D eigenvalue weighted by Gasteiger charge is 2.17. The third kappa shape index (κ3) is 2.94. The van der Waals surface area contributed by atoms with E-state index >= 15 is 0 Å². The lowest BCUT2D eigenvalue weighted by Crippen LogP contribution is -2.22. The molecule has 92 valence electrons. The number of benzene rings is 1. The highest BCUT2D eigenvalue weighted by molar-refractivity contribution is 6.34. The number of esters is 1. The maximum atomic E-state index is 11.5. The number of carbonyl (C=O) groups is 2. The van der Waals surface area contributed by atoms with Crippen molar-refractivity contribution in [3.63, 3.8) is 0 Å². The molecule has 0 amide bonds. The van der Waals surface area contributed by atoms with Gasteiger partial charge in [0.2, 0.25) is 5.78 Å². The van der Waals surface area contributed by atoms with Gasteiger partial charge in [-0.05, 0) is 30.3 Å². The number of ketones is 1. The lowest BCUT2D eigenvalue weighted by Gasteiger charge is -2.02. The van der Waals surface area contributed by atoms with E-state index in [1.54, 1.807) is 6.07 Å². The quantitative estimate of drug-likeness (QED) is 0.473. The molecule has 0 unspecified atom stereocenters. The third-order valence-electron chi connectivity index (χ3n) is 2.18. The Bertz CT molecular complexity index is 546. The third-order valence-corrected chi connectivity index (χ3v) is 2.18. The van der Waals surface area contributed by atoms with E-state index in [0.29, 0.717) is 5.69 Å². The SMILES string of the molecule is O=C(Cc1ccn[nH]1)C(=O)Oc1ccc(O)cc1. The summed E-state index contributed by atoms with van der Waals surface area (Å²) in [6.45, 7) is 0. The number of phenols is 1. The standard InChI is InChI=1S/C12H10N2O4/c15-9-1-3-10(4-2-9)18-12(17)11(16)7-8-5-6-13-14-8/h1-6,15H,7H2,(H,13,14). The zero-order valence-electron chi connectivity index (χ0n) is 9.29. The molecule has 0 atom stereocenters. The molecule has 1 aromatic carbocycles. The number of ether oxygens (including phenoxy) is 1. The molecule has 0 spiro atoms. The topological polar surface area (TPSA) is 92.3 Å². The molecule has 0 aliphatic carbocycles. The first-order chi connectivity index (χ1) is 8.65. The lowest BCUT2D eigenvalue weighted by atomic mass is 10.2. The van der Waals surface area contributed by atoms with Crippen LogP contribution in [-0.2, 0) is 16.0 Å². The van der Waals surface area contributed by atoms with Crippen molar-refractivity contribution in [1.29, 1.82) is 0 Å². The van der Waals surface area contributed by atoms with Crippen LogP contribution in [-0.4, -0.2) is 27.1 Å². The predicted molar refractivity (Wildman–Crippen MR) is 61.0 cm³/mol. The lowest BCUT2D eigenvalue weighted by molar-refractivity contribution is -0.146. The van der Waals surface area contributed by atoms with E-state index in [2.05, 4.69) is 10.2 Å². The van der Waals surface area contributed by atoms with Gasteiger partial charge in [-0.15, -0.1) is 0 Å². The number of phenolic OH excluding ortho intramolecular Hbond substituents is 1. The molecular formula is C12H10N2O4. The largest absolute Gasteiger partial charge is 0.508 e. The Balaban J connectivity index is 1.95. The molecule has 0 saturated carbocycles. The molecule has 1 heterocycles. The van der Waals surface area contributed by atoms with Gasteiger partial charge in [0.15, 0.2) is 0 Å². The highest BCUT2D eigenvalue weighted by Crippen LogP contribution is 2.16. The van der Waals surface area contributed by atoms with Gasteiger partial charge in [0.1, 0.15) is 11.5 Å². The first-order valence-electron chi connectivity index (χ1n) is 5.17. The van der Waals surface area contributed by atoms with Crippen LogP contribution in [0.25, 0.3) is 0 Å². The van der Waals surface area contributed by atoms with Gasteiger partial charge < -0.3 is 9.84 Å². The molecular weight excluding hydrogens is 236 g/mol. The maximum absolute atomic E-state index is 11.5. The predicted octanol–water partition coefficient (Wildman–Crippen LogP) is 0.833. The summed E-state index contributed by atoms with van der Waals surface area (Å²) in [6, 6.07) is 7.13. The Morgan fingerprint density at radius 1 is 1.22 bits per heavy atom. The van der Waals surface area contributed by atoms with Crippen LogP contribution in [0.2, 0.25) is 0 Å². The number of hydrogen-bond donors (Lipinski definition) is 2. The summed E-state index contributed by atoms with van der Waals surface area (Å²) in [4.78, 5) is 23.0. The van der Waals surface area contributed by atoms with Crippen molar-refractivity contribution in [2.45, 2.75) is 6.42 Å². The Morgan fingerprint density at radius 2 is 1.94 bits per heavy atom. The fraction of sp³-hybridized carbons (Fsp3) is 0.0833. The van der Waals surface area contributed by atoms with Crippen LogP contribution in [0.15, 0.2) is 36.5 Å². The van der Waals surface area contributed by atoms with Crippen molar-refractivity contribution in [2.24, 2.45) is 0 Å². The number of carbonyl (C=O) groups excluding carboxylic acids is 2. The molecule has 0 radical (unpaired) electrons. The molecule has 2 aromatic rings. The fourth-order valence-corrected chi connectivity index (χ4v) is 1.31. The minimum atomic E-state index is -0.949. The molecule has 0 aliphatic heterocycles. The van der Waals surface area contributed by atoms with Crippen LogP contribution >= 0.6 is 0 Å². The van der Waals surface area contributed by atoms with E-state index in [0.717, 1.165) is 0 Å². The van der Waals surface area contributed by atoms with Gasteiger partial charge in [0.05, 0.1) is 6.42 Å². The summed E-state index contributed by atoms with van der Waals surface area (Å²) in [6.07, 6.45) is 1.41. The second-order valence-corrected chi connectivity index (χ2v) is 3.57. The molecule has 2 rings (SSSR count). The van der Waals surface area contributed by atoms with Crippen LogP contribution in [0.4, 0.5) is 0 Å². The zero-order valence-corrected chi connectivity index (χ0v) is 9.29. The Kier molecular flexibility index (Phi) is 3.38. The van der Waals surface area contributed by atoms with Crippen molar-refractivity contribution >= 4 is 11.8 Å². The van der Waals surface area contributed by atoms with Gasteiger partial charge in [0.25, 0.3) is 0 Å². The van der Waals surface area contributed by atoms with Gasteiger partial charge in [-0.2, -0.15) is 5.10 Å². The average molecular weight is 246 g/mol. The van der Waals surface area contributed by atoms with E-state index in [1.807, 2.05) is 0 Å². The van der Waals surface area contributed by atoms with E-state index in [1.165, 1.54) is 30.5 Å². The van der Waals surface area contributed by atoms with Crippen molar-refractivity contribution in [3.05, 3.63) is 42.2 Å². The summed E-state index contributed by atoms with van der Waals surface area (Å²) in [5, 5.41) is 15.3. The Morgan fingerprint density at radius 3 is 2.56 bits per heavy atom. The van der Waals surface area contributed by atoms with Gasteiger partial charge in [-0.25, -0.2) is 4.79 Å². The summed E-state index contributed by atoms with van der Waals surface area (Å²) < 4.78 is 4.85. The Hall–Kier alpha value is -2.63. The number of nitrogens with one attached hydrogen (secondary N) is 1. The normalized spacial score (nSPS) is 10.0.